The van der Waals surface area contributed by atoms with E-state index in [1.165, 1.54) is 12.8 Å². The molecule has 0 radical (unpaired) electrons. The molecular formula is C25H49O4P. The molecule has 0 spiro atoms. The number of aliphatic hydroxyl groups excluding tert-OH is 1. The zero-order valence-electron chi connectivity index (χ0n) is 21.1. The van der Waals surface area contributed by atoms with Crippen molar-refractivity contribution < 1.29 is 18.7 Å². The molecule has 8 atom stereocenters. The summed E-state index contributed by atoms with van der Waals surface area (Å²) < 4.78 is 27.3. The molecule has 4 nitrogen and oxygen atoms in total. The molecule has 0 aromatic carbocycles. The summed E-state index contributed by atoms with van der Waals surface area (Å²) in [7, 11) is -3.72. The molecule has 2 saturated carbocycles. The highest BCUT2D eigenvalue weighted by molar-refractivity contribution is 7.54. The van der Waals surface area contributed by atoms with Crippen LogP contribution in [0.5, 0.6) is 0 Å². The van der Waals surface area contributed by atoms with Gasteiger partial charge in [-0.1, -0.05) is 75.2 Å². The molecule has 30 heavy (non-hydrogen) atoms. The molecular weight excluding hydrogens is 395 g/mol. The Morgan fingerprint density at radius 3 is 1.47 bits per heavy atom. The van der Waals surface area contributed by atoms with Crippen molar-refractivity contribution in [2.24, 2.45) is 40.9 Å². The van der Waals surface area contributed by atoms with E-state index in [-0.39, 0.29) is 12.2 Å². The van der Waals surface area contributed by atoms with Crippen LogP contribution in [0, 0.1) is 40.9 Å². The third kappa shape index (κ3) is 6.56. The van der Waals surface area contributed by atoms with Crippen LogP contribution in [0.4, 0.5) is 0 Å². The van der Waals surface area contributed by atoms with Crippen LogP contribution < -0.4 is 0 Å². The van der Waals surface area contributed by atoms with E-state index in [2.05, 4.69) is 41.5 Å². The molecule has 1 N–H and O–H groups in total. The maximum absolute atomic E-state index is 14.4. The van der Waals surface area contributed by atoms with E-state index in [0.29, 0.717) is 35.5 Å². The zero-order chi connectivity index (χ0) is 22.9. The second-order valence-electron chi connectivity index (χ2n) is 12.2. The summed E-state index contributed by atoms with van der Waals surface area (Å²) in [6.45, 7) is 19.1. The Hall–Kier alpha value is 0.110. The van der Waals surface area contributed by atoms with Crippen molar-refractivity contribution in [1.82, 2.24) is 0 Å². The van der Waals surface area contributed by atoms with Gasteiger partial charge in [0.2, 0.25) is 0 Å². The zero-order valence-corrected chi connectivity index (χ0v) is 22.0. The minimum Gasteiger partial charge on any atom is -0.380 e. The highest BCUT2D eigenvalue weighted by Gasteiger charge is 2.49. The van der Waals surface area contributed by atoms with Gasteiger partial charge in [-0.2, -0.15) is 0 Å². The lowest BCUT2D eigenvalue weighted by Gasteiger charge is -2.44. The number of aliphatic hydroxyl groups is 1. The second kappa shape index (κ2) is 10.4. The summed E-state index contributed by atoms with van der Waals surface area (Å²) in [5.41, 5.74) is -0.573. The molecule has 178 valence electrons. The minimum atomic E-state index is -3.72. The van der Waals surface area contributed by atoms with Gasteiger partial charge in [-0.25, -0.2) is 0 Å². The van der Waals surface area contributed by atoms with E-state index in [1.807, 2.05) is 20.8 Å². The monoisotopic (exact) mass is 444 g/mol. The number of hydrogen-bond donors (Lipinski definition) is 1. The maximum Gasteiger partial charge on any atom is 0.359 e. The fourth-order valence-corrected chi connectivity index (χ4v) is 7.93. The highest BCUT2D eigenvalue weighted by Crippen LogP contribution is 2.62. The lowest BCUT2D eigenvalue weighted by atomic mass is 9.75. The van der Waals surface area contributed by atoms with E-state index in [0.717, 1.165) is 25.7 Å². The molecule has 0 aromatic rings. The third-order valence-corrected chi connectivity index (χ3v) is 10.1. The topological polar surface area (TPSA) is 55.8 Å². The molecule has 2 fully saturated rings. The van der Waals surface area contributed by atoms with Gasteiger partial charge in [-0.05, 0) is 66.6 Å². The van der Waals surface area contributed by atoms with Crippen molar-refractivity contribution in [3.05, 3.63) is 0 Å². The average Bonchev–Trinajstić information content (AvgIpc) is 2.59. The smallest absolute Gasteiger partial charge is 0.359 e. The molecule has 0 aromatic heterocycles. The molecule has 0 aliphatic heterocycles. The first-order valence-electron chi connectivity index (χ1n) is 12.4. The van der Waals surface area contributed by atoms with Gasteiger partial charge in [0.1, 0.15) is 0 Å². The summed E-state index contributed by atoms with van der Waals surface area (Å²) in [5.74, 6) is 1.60. The molecule has 2 aliphatic carbocycles. The third-order valence-electron chi connectivity index (χ3n) is 7.56. The molecule has 0 saturated heterocycles. The van der Waals surface area contributed by atoms with Crippen LogP contribution in [-0.2, 0) is 13.6 Å². The van der Waals surface area contributed by atoms with E-state index in [4.69, 9.17) is 9.05 Å². The van der Waals surface area contributed by atoms with Crippen molar-refractivity contribution >= 4 is 7.60 Å². The van der Waals surface area contributed by atoms with Gasteiger partial charge < -0.3 is 14.2 Å². The van der Waals surface area contributed by atoms with Crippen molar-refractivity contribution in [3.8, 4) is 0 Å². The second-order valence-corrected chi connectivity index (χ2v) is 14.2. The summed E-state index contributed by atoms with van der Waals surface area (Å²) in [6.07, 6.45) is 6.10. The van der Waals surface area contributed by atoms with Crippen molar-refractivity contribution in [2.45, 2.75) is 119 Å². The highest BCUT2D eigenvalue weighted by atomic mass is 31.2. The van der Waals surface area contributed by atoms with Gasteiger partial charge in [0.15, 0.2) is 5.85 Å². The van der Waals surface area contributed by atoms with E-state index < -0.39 is 18.9 Å². The van der Waals surface area contributed by atoms with Crippen LogP contribution in [-0.4, -0.2) is 23.2 Å². The Balaban J connectivity index is 2.34. The first kappa shape index (κ1) is 26.4. The van der Waals surface area contributed by atoms with Gasteiger partial charge in [0.25, 0.3) is 0 Å². The largest absolute Gasteiger partial charge is 0.380 e. The molecule has 2 rings (SSSR count). The molecule has 1 unspecified atom stereocenters. The SMILES string of the molecule is CC(C)[C@H]1CC[C@@H](C)C[C@H]1OP(=O)(O[C@@H]1C[C@@H](C)CC[C@H]1C(C)C)[C@H](O)C(C)(C)C. The molecule has 2 aliphatic rings. The average molecular weight is 445 g/mol. The molecule has 0 heterocycles. The Kier molecular flexibility index (Phi) is 9.11. The van der Waals surface area contributed by atoms with E-state index in [1.54, 1.807) is 0 Å². The van der Waals surface area contributed by atoms with E-state index in [9.17, 15) is 9.67 Å². The van der Waals surface area contributed by atoms with E-state index >= 15 is 0 Å². The normalized spacial score (nSPS) is 36.7. The van der Waals surface area contributed by atoms with Crippen LogP contribution in [0.2, 0.25) is 0 Å². The van der Waals surface area contributed by atoms with Gasteiger partial charge in [-0.15, -0.1) is 0 Å². The first-order chi connectivity index (χ1) is 13.7. The van der Waals surface area contributed by atoms with Crippen LogP contribution >= 0.6 is 7.60 Å². The molecule has 0 bridgehead atoms. The summed E-state index contributed by atoms with van der Waals surface area (Å²) >= 11 is 0. The Bertz CT molecular complexity index is 544. The standard InChI is InChI=1S/C25H49O4P/c1-16(2)20-12-10-18(5)14-22(20)28-30(27,24(26)25(7,8)9)29-23-15-19(6)11-13-21(23)17(3)4/h16-24,26H,10-15H2,1-9H3/t18-,19+,20-,21+,22-,23-,24+,30?/m1/s1. The fraction of sp³-hybridized carbons (Fsp3) is 1.00. The van der Waals surface area contributed by atoms with Crippen molar-refractivity contribution in [1.29, 1.82) is 0 Å². The lowest BCUT2D eigenvalue weighted by molar-refractivity contribution is -0.0251. The summed E-state index contributed by atoms with van der Waals surface area (Å²) in [4.78, 5) is 0. The summed E-state index contributed by atoms with van der Waals surface area (Å²) in [5, 5.41) is 11.2. The Morgan fingerprint density at radius 1 is 0.800 bits per heavy atom. The van der Waals surface area contributed by atoms with Gasteiger partial charge in [-0.3, -0.25) is 4.57 Å². The predicted octanol–water partition coefficient (Wildman–Crippen LogP) is 7.50. The number of hydrogen-bond acceptors (Lipinski definition) is 4. The van der Waals surface area contributed by atoms with Gasteiger partial charge in [0, 0.05) is 0 Å². The van der Waals surface area contributed by atoms with Crippen LogP contribution in [0.25, 0.3) is 0 Å². The Labute approximate surface area is 186 Å². The van der Waals surface area contributed by atoms with Crippen LogP contribution in [0.3, 0.4) is 0 Å². The van der Waals surface area contributed by atoms with Crippen molar-refractivity contribution in [3.63, 3.8) is 0 Å². The quantitative estimate of drug-likeness (QED) is 0.413. The minimum absolute atomic E-state index is 0.116. The summed E-state index contributed by atoms with van der Waals surface area (Å²) in [6, 6.07) is 0. The number of rotatable bonds is 7. The fourth-order valence-electron chi connectivity index (χ4n) is 5.46. The van der Waals surface area contributed by atoms with Gasteiger partial charge in [0.05, 0.1) is 12.2 Å². The van der Waals surface area contributed by atoms with Crippen LogP contribution in [0.1, 0.15) is 101 Å². The van der Waals surface area contributed by atoms with Crippen molar-refractivity contribution in [2.75, 3.05) is 0 Å². The van der Waals surface area contributed by atoms with Crippen LogP contribution in [0.15, 0.2) is 0 Å². The first-order valence-corrected chi connectivity index (χ1v) is 14.0. The predicted molar refractivity (Wildman–Crippen MR) is 126 cm³/mol. The van der Waals surface area contributed by atoms with Gasteiger partial charge >= 0.3 is 7.60 Å². The molecule has 0 amide bonds. The molecule has 5 heteroatoms. The maximum atomic E-state index is 14.4. The lowest BCUT2D eigenvalue weighted by Crippen LogP contribution is -2.39. The Morgan fingerprint density at radius 2 is 1.17 bits per heavy atom.